The van der Waals surface area contributed by atoms with Gasteiger partial charge >= 0.3 is 0 Å². The second-order valence-corrected chi connectivity index (χ2v) is 21.4. The minimum Gasteiger partial charge on any atom is -0.310 e. The summed E-state index contributed by atoms with van der Waals surface area (Å²) in [6.07, 6.45) is 22.8. The average molecular weight is 912 g/mol. The second kappa shape index (κ2) is 20.1. The molecule has 0 spiro atoms. The molecule has 0 unspecified atom stereocenters. The molecular formula is C69H69N. The van der Waals surface area contributed by atoms with Gasteiger partial charge in [-0.2, -0.15) is 0 Å². The maximum atomic E-state index is 2.56. The molecule has 0 radical (unpaired) electrons. The van der Waals surface area contributed by atoms with E-state index < -0.39 is 5.41 Å². The Morgan fingerprint density at radius 1 is 0.300 bits per heavy atom. The van der Waals surface area contributed by atoms with Crippen molar-refractivity contribution in [2.24, 2.45) is 0 Å². The molecule has 8 aromatic carbocycles. The standard InChI is InChI=1S/C69H69N/c1-2-7-19-50(20-8-3-1)53-31-33-54(34-32-53)57-39-45-61(46-40-57)70(68-30-18-16-27-63(68)58-25-13-6-14-26-58)62-47-48-65-64-28-15-17-29-66(64)69(67(65)49-62,59-41-35-55(36-42-59)51-21-9-4-10-22-51)60-43-37-56(38-44-60)52-23-11-5-12-24-52/h6,13-18,25-52H,1-5,7-12,19-24H2. The molecule has 4 aliphatic rings. The van der Waals surface area contributed by atoms with Crippen molar-refractivity contribution in [3.8, 4) is 33.4 Å². The van der Waals surface area contributed by atoms with Crippen LogP contribution in [0.25, 0.3) is 33.4 Å². The van der Waals surface area contributed by atoms with Crippen molar-refractivity contribution >= 4 is 17.1 Å². The van der Waals surface area contributed by atoms with E-state index >= 15 is 0 Å². The minimum absolute atomic E-state index is 0.505. The summed E-state index contributed by atoms with van der Waals surface area (Å²) in [5, 5.41) is 0. The van der Waals surface area contributed by atoms with Gasteiger partial charge in [0.05, 0.1) is 11.1 Å². The van der Waals surface area contributed by atoms with Crippen LogP contribution in [-0.4, -0.2) is 0 Å². The molecule has 4 aliphatic carbocycles. The summed E-state index contributed by atoms with van der Waals surface area (Å²) in [5.41, 5.74) is 20.5. The zero-order chi connectivity index (χ0) is 46.7. The fraction of sp³-hybridized carbons (Fsp3) is 0.304. The summed E-state index contributed by atoms with van der Waals surface area (Å²) in [6, 6.07) is 75.5. The third-order valence-corrected chi connectivity index (χ3v) is 17.3. The third-order valence-electron chi connectivity index (χ3n) is 17.3. The van der Waals surface area contributed by atoms with Gasteiger partial charge < -0.3 is 4.90 Å². The molecule has 350 valence electrons. The van der Waals surface area contributed by atoms with Crippen LogP contribution >= 0.6 is 0 Å². The van der Waals surface area contributed by atoms with Gasteiger partial charge in [-0.1, -0.05) is 234 Å². The second-order valence-electron chi connectivity index (χ2n) is 21.4. The highest BCUT2D eigenvalue weighted by Gasteiger charge is 2.46. The molecule has 0 heterocycles. The van der Waals surface area contributed by atoms with Gasteiger partial charge in [-0.3, -0.25) is 0 Å². The van der Waals surface area contributed by atoms with Gasteiger partial charge in [-0.05, 0) is 153 Å². The number of fused-ring (bicyclic) bond motifs is 3. The van der Waals surface area contributed by atoms with E-state index in [0.29, 0.717) is 17.8 Å². The Balaban J connectivity index is 1.00. The van der Waals surface area contributed by atoms with Gasteiger partial charge in [-0.25, -0.2) is 0 Å². The number of hydrogen-bond acceptors (Lipinski definition) is 1. The predicted molar refractivity (Wildman–Crippen MR) is 296 cm³/mol. The topological polar surface area (TPSA) is 3.24 Å². The van der Waals surface area contributed by atoms with Crippen LogP contribution in [0.5, 0.6) is 0 Å². The van der Waals surface area contributed by atoms with Gasteiger partial charge in [0.1, 0.15) is 0 Å². The third kappa shape index (κ3) is 8.54. The lowest BCUT2D eigenvalue weighted by atomic mass is 9.67. The van der Waals surface area contributed by atoms with Crippen molar-refractivity contribution in [2.45, 2.75) is 132 Å². The molecule has 8 aromatic rings. The monoisotopic (exact) mass is 912 g/mol. The van der Waals surface area contributed by atoms with Crippen LogP contribution < -0.4 is 4.90 Å². The summed E-state index contributed by atoms with van der Waals surface area (Å²) < 4.78 is 0. The van der Waals surface area contributed by atoms with Crippen molar-refractivity contribution in [3.63, 3.8) is 0 Å². The van der Waals surface area contributed by atoms with E-state index in [1.807, 2.05) is 0 Å². The quantitative estimate of drug-likeness (QED) is 0.132. The van der Waals surface area contributed by atoms with Crippen molar-refractivity contribution in [1.82, 2.24) is 0 Å². The van der Waals surface area contributed by atoms with Crippen LogP contribution in [-0.2, 0) is 5.41 Å². The highest BCUT2D eigenvalue weighted by molar-refractivity contribution is 5.92. The zero-order valence-corrected chi connectivity index (χ0v) is 41.2. The predicted octanol–water partition coefficient (Wildman–Crippen LogP) is 19.8. The van der Waals surface area contributed by atoms with Crippen LogP contribution in [0.3, 0.4) is 0 Å². The van der Waals surface area contributed by atoms with Gasteiger partial charge in [0.15, 0.2) is 0 Å². The lowest BCUT2D eigenvalue weighted by Crippen LogP contribution is -2.29. The van der Waals surface area contributed by atoms with Crippen molar-refractivity contribution < 1.29 is 0 Å². The van der Waals surface area contributed by atoms with Crippen LogP contribution in [0.15, 0.2) is 194 Å². The molecule has 0 amide bonds. The summed E-state index contributed by atoms with van der Waals surface area (Å²) in [4.78, 5) is 2.52. The van der Waals surface area contributed by atoms with Gasteiger partial charge in [0, 0.05) is 16.9 Å². The Morgan fingerprint density at radius 3 is 1.27 bits per heavy atom. The van der Waals surface area contributed by atoms with Gasteiger partial charge in [0.2, 0.25) is 0 Å². The number of benzene rings is 8. The van der Waals surface area contributed by atoms with E-state index in [2.05, 4.69) is 199 Å². The molecule has 0 N–H and O–H groups in total. The maximum absolute atomic E-state index is 2.56. The molecule has 0 bridgehead atoms. The minimum atomic E-state index is -0.505. The Morgan fingerprint density at radius 2 is 0.714 bits per heavy atom. The number of nitrogens with zero attached hydrogens (tertiary/aromatic N) is 1. The van der Waals surface area contributed by atoms with E-state index in [9.17, 15) is 0 Å². The molecule has 0 aromatic heterocycles. The molecule has 3 saturated carbocycles. The van der Waals surface area contributed by atoms with Gasteiger partial charge in [0.25, 0.3) is 0 Å². The average Bonchev–Trinajstić information content (AvgIpc) is 3.72. The Labute approximate surface area is 418 Å². The molecule has 0 saturated heterocycles. The summed E-state index contributed by atoms with van der Waals surface area (Å²) in [6.45, 7) is 0. The van der Waals surface area contributed by atoms with E-state index in [1.54, 1.807) is 0 Å². The summed E-state index contributed by atoms with van der Waals surface area (Å²) in [5.74, 6) is 2.00. The number of hydrogen-bond donors (Lipinski definition) is 0. The van der Waals surface area contributed by atoms with Gasteiger partial charge in [-0.15, -0.1) is 0 Å². The lowest BCUT2D eigenvalue weighted by molar-refractivity contribution is 0.443. The maximum Gasteiger partial charge on any atom is 0.0714 e. The summed E-state index contributed by atoms with van der Waals surface area (Å²) >= 11 is 0. The van der Waals surface area contributed by atoms with E-state index in [0.717, 1.165) is 11.4 Å². The molecule has 1 heteroatoms. The molecular weight excluding hydrogens is 843 g/mol. The first-order valence-corrected chi connectivity index (χ1v) is 27.3. The van der Waals surface area contributed by atoms with E-state index in [1.165, 1.54) is 187 Å². The Kier molecular flexibility index (Phi) is 12.9. The van der Waals surface area contributed by atoms with E-state index in [-0.39, 0.29) is 0 Å². The number of anilines is 3. The highest BCUT2D eigenvalue weighted by Crippen LogP contribution is 2.58. The highest BCUT2D eigenvalue weighted by atomic mass is 15.1. The number of rotatable bonds is 10. The first-order valence-electron chi connectivity index (χ1n) is 27.3. The van der Waals surface area contributed by atoms with Crippen molar-refractivity contribution in [3.05, 3.63) is 233 Å². The van der Waals surface area contributed by atoms with E-state index in [4.69, 9.17) is 0 Å². The Bertz CT molecular complexity index is 2930. The van der Waals surface area contributed by atoms with Crippen LogP contribution in [0.4, 0.5) is 17.1 Å². The smallest absolute Gasteiger partial charge is 0.0714 e. The molecule has 0 aliphatic heterocycles. The first-order chi connectivity index (χ1) is 34.7. The summed E-state index contributed by atoms with van der Waals surface area (Å²) in [7, 11) is 0. The Hall–Kier alpha value is -6.44. The van der Waals surface area contributed by atoms with Crippen LogP contribution in [0, 0.1) is 0 Å². The normalized spacial score (nSPS) is 17.5. The van der Waals surface area contributed by atoms with Crippen LogP contribution in [0.2, 0.25) is 0 Å². The molecule has 0 atom stereocenters. The fourth-order valence-electron chi connectivity index (χ4n) is 13.6. The fourth-order valence-corrected chi connectivity index (χ4v) is 13.6. The largest absolute Gasteiger partial charge is 0.310 e. The molecule has 3 fully saturated rings. The molecule has 70 heavy (non-hydrogen) atoms. The first kappa shape index (κ1) is 44.7. The number of para-hydroxylation sites is 1. The molecule has 12 rings (SSSR count). The zero-order valence-electron chi connectivity index (χ0n) is 41.2. The van der Waals surface area contributed by atoms with Crippen LogP contribution in [0.1, 0.15) is 166 Å². The SMILES string of the molecule is c1ccc(-c2ccccc2N(c2ccc(-c3ccc(C4CCCCCCC4)cc3)cc2)c2ccc3c(c2)C(c2ccc(C4CCCCC4)cc2)(c2ccc(C4CCCCC4)cc2)c2ccccc2-3)cc1. The van der Waals surface area contributed by atoms with Crippen molar-refractivity contribution in [2.75, 3.05) is 4.90 Å². The molecule has 1 nitrogen and oxygen atoms in total. The lowest BCUT2D eigenvalue weighted by Gasteiger charge is -2.36. The van der Waals surface area contributed by atoms with Crippen molar-refractivity contribution in [1.29, 1.82) is 0 Å².